The van der Waals surface area contributed by atoms with Gasteiger partial charge in [-0.15, -0.1) is 13.2 Å². The fraction of sp³-hybridized carbons (Fsp3) is 0.143. The van der Waals surface area contributed by atoms with E-state index in [-0.39, 0.29) is 21.8 Å². The van der Waals surface area contributed by atoms with Crippen molar-refractivity contribution < 1.29 is 27.8 Å². The van der Waals surface area contributed by atoms with Crippen LogP contribution in [-0.2, 0) is 11.2 Å². The number of halogens is 4. The van der Waals surface area contributed by atoms with Crippen molar-refractivity contribution in [2.75, 3.05) is 0 Å². The molecule has 0 aliphatic carbocycles. The lowest BCUT2D eigenvalue weighted by molar-refractivity contribution is -0.274. The topological polar surface area (TPSA) is 59.4 Å². The third-order valence-corrected chi connectivity index (χ3v) is 2.91. The van der Waals surface area contributed by atoms with E-state index in [0.717, 1.165) is 6.07 Å². The molecular weight excluding hydrogens is 323 g/mol. The fourth-order valence-corrected chi connectivity index (χ4v) is 2.10. The van der Waals surface area contributed by atoms with E-state index in [9.17, 15) is 18.0 Å². The average Bonchev–Trinajstić information content (AvgIpc) is 2.37. The van der Waals surface area contributed by atoms with Gasteiger partial charge in [-0.2, -0.15) is 0 Å². The van der Waals surface area contributed by atoms with Crippen molar-refractivity contribution in [2.45, 2.75) is 12.8 Å². The van der Waals surface area contributed by atoms with E-state index < -0.39 is 24.5 Å². The molecule has 2 aromatic rings. The number of aliphatic carboxylic acids is 1. The van der Waals surface area contributed by atoms with Crippen molar-refractivity contribution in [1.29, 1.82) is 0 Å². The lowest BCUT2D eigenvalue weighted by Crippen LogP contribution is -2.17. The summed E-state index contributed by atoms with van der Waals surface area (Å²) in [6, 6.07) is 6.72. The largest absolute Gasteiger partial charge is 0.573 e. The van der Waals surface area contributed by atoms with Crippen LogP contribution in [0.2, 0.25) is 5.15 Å². The molecular formula is C14H9ClF3NO3. The first kappa shape index (κ1) is 16.1. The van der Waals surface area contributed by atoms with Crippen LogP contribution in [-0.4, -0.2) is 22.4 Å². The molecule has 1 aromatic carbocycles. The minimum atomic E-state index is -4.86. The van der Waals surface area contributed by atoms with Gasteiger partial charge in [0.15, 0.2) is 0 Å². The van der Waals surface area contributed by atoms with E-state index in [1.165, 1.54) is 30.5 Å². The fourth-order valence-electron chi connectivity index (χ4n) is 1.92. The molecule has 116 valence electrons. The molecule has 1 aromatic heterocycles. The zero-order valence-electron chi connectivity index (χ0n) is 10.9. The van der Waals surface area contributed by atoms with Crippen LogP contribution < -0.4 is 4.74 Å². The summed E-state index contributed by atoms with van der Waals surface area (Å²) in [6.45, 7) is 0. The summed E-state index contributed by atoms with van der Waals surface area (Å²) in [5, 5.41) is 8.96. The Labute approximate surface area is 128 Å². The maximum atomic E-state index is 12.5. The van der Waals surface area contributed by atoms with Gasteiger partial charge in [0.25, 0.3) is 0 Å². The van der Waals surface area contributed by atoms with Crippen molar-refractivity contribution in [1.82, 2.24) is 4.98 Å². The van der Waals surface area contributed by atoms with Gasteiger partial charge in [0.05, 0.1) is 6.42 Å². The zero-order valence-corrected chi connectivity index (χ0v) is 11.6. The second kappa shape index (κ2) is 6.23. The molecule has 0 spiro atoms. The summed E-state index contributed by atoms with van der Waals surface area (Å²) >= 11 is 5.72. The predicted molar refractivity (Wildman–Crippen MR) is 72.7 cm³/mol. The molecule has 22 heavy (non-hydrogen) atoms. The zero-order chi connectivity index (χ0) is 16.3. The highest BCUT2D eigenvalue weighted by Crippen LogP contribution is 2.35. The Hall–Kier alpha value is -2.28. The van der Waals surface area contributed by atoms with Crippen molar-refractivity contribution in [3.8, 4) is 16.9 Å². The maximum Gasteiger partial charge on any atom is 0.573 e. The van der Waals surface area contributed by atoms with Crippen LogP contribution in [0.25, 0.3) is 11.1 Å². The van der Waals surface area contributed by atoms with Crippen molar-refractivity contribution in [3.63, 3.8) is 0 Å². The lowest BCUT2D eigenvalue weighted by Gasteiger charge is -2.15. The van der Waals surface area contributed by atoms with Gasteiger partial charge < -0.3 is 9.84 Å². The van der Waals surface area contributed by atoms with Crippen LogP contribution in [0.5, 0.6) is 5.75 Å². The molecule has 0 saturated heterocycles. The molecule has 0 unspecified atom stereocenters. The number of para-hydroxylation sites is 1. The molecule has 0 aliphatic heterocycles. The van der Waals surface area contributed by atoms with Crippen molar-refractivity contribution >= 4 is 17.6 Å². The van der Waals surface area contributed by atoms with Crippen LogP contribution in [0.15, 0.2) is 36.5 Å². The van der Waals surface area contributed by atoms with Gasteiger partial charge in [0.2, 0.25) is 0 Å². The third-order valence-electron chi connectivity index (χ3n) is 2.70. The van der Waals surface area contributed by atoms with E-state index in [4.69, 9.17) is 16.7 Å². The minimum Gasteiger partial charge on any atom is -0.481 e. The summed E-state index contributed by atoms with van der Waals surface area (Å²) in [5.74, 6) is -1.58. The maximum absolute atomic E-state index is 12.5. The molecule has 8 heteroatoms. The van der Waals surface area contributed by atoms with Crippen LogP contribution in [0, 0.1) is 0 Å². The highest BCUT2D eigenvalue weighted by Gasteiger charge is 2.32. The summed E-state index contributed by atoms with van der Waals surface area (Å²) in [4.78, 5) is 14.7. The van der Waals surface area contributed by atoms with Gasteiger partial charge in [-0.1, -0.05) is 29.8 Å². The Morgan fingerprint density at radius 2 is 1.95 bits per heavy atom. The summed E-state index contributed by atoms with van der Waals surface area (Å²) < 4.78 is 41.3. The van der Waals surface area contributed by atoms with Crippen LogP contribution in [0.3, 0.4) is 0 Å². The molecule has 0 radical (unpaired) electrons. The quantitative estimate of drug-likeness (QED) is 0.862. The number of nitrogens with zero attached hydrogens (tertiary/aromatic N) is 1. The van der Waals surface area contributed by atoms with E-state index in [1.807, 2.05) is 0 Å². The number of ether oxygens (including phenoxy) is 1. The number of carbonyl (C=O) groups is 1. The lowest BCUT2D eigenvalue weighted by atomic mass is 9.99. The molecule has 0 atom stereocenters. The SMILES string of the molecule is O=C(O)Cc1cc(Cl)ncc1-c1ccccc1OC(F)(F)F. The van der Waals surface area contributed by atoms with E-state index >= 15 is 0 Å². The Morgan fingerprint density at radius 3 is 2.59 bits per heavy atom. The molecule has 0 amide bonds. The number of rotatable bonds is 4. The van der Waals surface area contributed by atoms with Gasteiger partial charge in [0.1, 0.15) is 10.9 Å². The van der Waals surface area contributed by atoms with Gasteiger partial charge in [-0.3, -0.25) is 4.79 Å². The number of benzene rings is 1. The highest BCUT2D eigenvalue weighted by molar-refractivity contribution is 6.29. The average molecular weight is 332 g/mol. The summed E-state index contributed by atoms with van der Waals surface area (Å²) in [6.07, 6.45) is -4.04. The van der Waals surface area contributed by atoms with Crippen molar-refractivity contribution in [2.24, 2.45) is 0 Å². The summed E-state index contributed by atoms with van der Waals surface area (Å²) in [5.41, 5.74) is 0.539. The van der Waals surface area contributed by atoms with Crippen LogP contribution >= 0.6 is 11.6 Å². The number of carboxylic acid groups (broad SMARTS) is 1. The predicted octanol–water partition coefficient (Wildman–Crippen LogP) is 3.93. The highest BCUT2D eigenvalue weighted by atomic mass is 35.5. The molecule has 0 bridgehead atoms. The second-order valence-corrected chi connectivity index (χ2v) is 4.67. The van der Waals surface area contributed by atoms with E-state index in [0.29, 0.717) is 0 Å². The first-order chi connectivity index (χ1) is 10.3. The van der Waals surface area contributed by atoms with Crippen LogP contribution in [0.1, 0.15) is 5.56 Å². The Morgan fingerprint density at radius 1 is 1.27 bits per heavy atom. The standard InChI is InChI=1S/C14H9ClF3NO3/c15-12-5-8(6-13(20)21)10(7-19-12)9-3-1-2-4-11(9)22-14(16,17)18/h1-5,7H,6H2,(H,20,21). The van der Waals surface area contributed by atoms with E-state index in [1.54, 1.807) is 0 Å². The number of pyridine rings is 1. The van der Waals surface area contributed by atoms with Crippen molar-refractivity contribution in [3.05, 3.63) is 47.2 Å². The van der Waals surface area contributed by atoms with Gasteiger partial charge >= 0.3 is 12.3 Å². The molecule has 0 saturated carbocycles. The number of carboxylic acids is 1. The summed E-state index contributed by atoms with van der Waals surface area (Å²) in [7, 11) is 0. The first-order valence-electron chi connectivity index (χ1n) is 5.97. The van der Waals surface area contributed by atoms with Gasteiger partial charge in [-0.25, -0.2) is 4.98 Å². The number of aromatic nitrogens is 1. The minimum absolute atomic E-state index is 0.0502. The first-order valence-corrected chi connectivity index (χ1v) is 6.35. The number of alkyl halides is 3. The molecule has 1 N–H and O–H groups in total. The number of hydrogen-bond donors (Lipinski definition) is 1. The normalized spacial score (nSPS) is 11.3. The Kier molecular flexibility index (Phi) is 4.56. The molecule has 0 fully saturated rings. The number of hydrogen-bond acceptors (Lipinski definition) is 3. The third kappa shape index (κ3) is 4.11. The molecule has 4 nitrogen and oxygen atoms in total. The van der Waals surface area contributed by atoms with Gasteiger partial charge in [-0.05, 0) is 17.7 Å². The Bertz CT molecular complexity index is 704. The molecule has 2 rings (SSSR count). The monoisotopic (exact) mass is 331 g/mol. The molecule has 1 heterocycles. The van der Waals surface area contributed by atoms with E-state index in [2.05, 4.69) is 9.72 Å². The second-order valence-electron chi connectivity index (χ2n) is 4.28. The Balaban J connectivity index is 2.54. The molecule has 0 aliphatic rings. The van der Waals surface area contributed by atoms with Crippen LogP contribution in [0.4, 0.5) is 13.2 Å². The van der Waals surface area contributed by atoms with Gasteiger partial charge in [0, 0.05) is 17.3 Å². The smallest absolute Gasteiger partial charge is 0.481 e.